The molecule has 0 aromatic heterocycles. The largest absolute Gasteiger partial charge is 0.478 e. The van der Waals surface area contributed by atoms with Crippen molar-refractivity contribution in [2.75, 3.05) is 0 Å². The van der Waals surface area contributed by atoms with Crippen molar-refractivity contribution in [3.63, 3.8) is 0 Å². The third-order valence-electron chi connectivity index (χ3n) is 3.43. The molecule has 122 valence electrons. The van der Waals surface area contributed by atoms with Crippen LogP contribution < -0.4 is 10.1 Å². The molecule has 0 aliphatic rings. The molecule has 1 N–H and O–H groups in total. The number of amides is 1. The van der Waals surface area contributed by atoms with E-state index in [2.05, 4.69) is 5.32 Å². The van der Waals surface area contributed by atoms with Gasteiger partial charge in [-0.3, -0.25) is 4.79 Å². The molecule has 0 aliphatic heterocycles. The number of halogens is 2. The van der Waals surface area contributed by atoms with E-state index in [1.165, 1.54) is 0 Å². The van der Waals surface area contributed by atoms with Gasteiger partial charge in [-0.15, -0.1) is 0 Å². The second-order valence-electron chi connectivity index (χ2n) is 5.82. The highest BCUT2D eigenvalue weighted by Crippen LogP contribution is 2.23. The maximum atomic E-state index is 12.5. The summed E-state index contributed by atoms with van der Waals surface area (Å²) in [7, 11) is 0. The Morgan fingerprint density at radius 3 is 2.35 bits per heavy atom. The molecule has 0 bridgehead atoms. The van der Waals surface area contributed by atoms with Crippen LogP contribution in [0, 0.1) is 0 Å². The lowest BCUT2D eigenvalue weighted by atomic mass is 10.1. The van der Waals surface area contributed by atoms with Crippen LogP contribution in [-0.2, 0) is 4.79 Å². The van der Waals surface area contributed by atoms with Crippen molar-refractivity contribution in [1.82, 2.24) is 5.32 Å². The Hall–Kier alpha value is -1.71. The summed E-state index contributed by atoms with van der Waals surface area (Å²) >= 11 is 11.8. The molecule has 0 aliphatic carbocycles. The van der Waals surface area contributed by atoms with Crippen LogP contribution in [0.15, 0.2) is 48.5 Å². The van der Waals surface area contributed by atoms with Crippen LogP contribution in [0.4, 0.5) is 0 Å². The Kier molecular flexibility index (Phi) is 5.55. The molecule has 0 saturated heterocycles. The first-order chi connectivity index (χ1) is 10.8. The lowest BCUT2D eigenvalue weighted by molar-refractivity contribution is -0.134. The zero-order valence-corrected chi connectivity index (χ0v) is 14.8. The summed E-state index contributed by atoms with van der Waals surface area (Å²) < 4.78 is 5.78. The van der Waals surface area contributed by atoms with Gasteiger partial charge in [0.25, 0.3) is 5.91 Å². The molecular formula is C18H19Cl2NO2. The molecule has 0 radical (unpaired) electrons. The second-order valence-corrected chi connectivity index (χ2v) is 6.69. The zero-order chi connectivity index (χ0) is 17.0. The number of carbonyl (C=O) groups is 1. The maximum Gasteiger partial charge on any atom is 0.264 e. The highest BCUT2D eigenvalue weighted by molar-refractivity contribution is 6.30. The molecule has 2 aromatic rings. The number of ether oxygens (including phenoxy) is 1. The lowest BCUT2D eigenvalue weighted by Crippen LogP contribution is -2.47. The van der Waals surface area contributed by atoms with E-state index >= 15 is 0 Å². The average Bonchev–Trinajstić information content (AvgIpc) is 2.49. The number of carbonyl (C=O) groups excluding carboxylic acids is 1. The third-order valence-corrected chi connectivity index (χ3v) is 3.92. The van der Waals surface area contributed by atoms with Crippen LogP contribution in [-0.4, -0.2) is 11.5 Å². The molecule has 2 aromatic carbocycles. The Balaban J connectivity index is 2.04. The molecule has 5 heteroatoms. The molecule has 0 fully saturated rings. The van der Waals surface area contributed by atoms with Crippen LogP contribution in [0.3, 0.4) is 0 Å². The topological polar surface area (TPSA) is 38.3 Å². The smallest absolute Gasteiger partial charge is 0.264 e. The molecule has 0 spiro atoms. The van der Waals surface area contributed by atoms with Crippen molar-refractivity contribution in [2.24, 2.45) is 0 Å². The number of hydrogen-bond acceptors (Lipinski definition) is 2. The quantitative estimate of drug-likeness (QED) is 0.820. The fraction of sp³-hybridized carbons (Fsp3) is 0.278. The van der Waals surface area contributed by atoms with Gasteiger partial charge in [0.1, 0.15) is 5.75 Å². The van der Waals surface area contributed by atoms with Crippen molar-refractivity contribution in [2.45, 2.75) is 32.4 Å². The summed E-state index contributed by atoms with van der Waals surface area (Å²) in [5.41, 5.74) is -0.0751. The summed E-state index contributed by atoms with van der Waals surface area (Å²) in [4.78, 5) is 12.5. The molecule has 0 saturated carbocycles. The van der Waals surface area contributed by atoms with Gasteiger partial charge in [-0.25, -0.2) is 0 Å². The highest BCUT2D eigenvalue weighted by atomic mass is 35.5. The molecule has 2 rings (SSSR count). The van der Waals surface area contributed by atoms with Crippen LogP contribution >= 0.6 is 23.2 Å². The van der Waals surface area contributed by atoms with Crippen LogP contribution in [0.1, 0.15) is 32.4 Å². The minimum atomic E-state index is -1.01. The number of benzene rings is 2. The van der Waals surface area contributed by atoms with E-state index in [0.29, 0.717) is 15.8 Å². The number of rotatable bonds is 5. The minimum absolute atomic E-state index is 0.172. The van der Waals surface area contributed by atoms with E-state index in [1.807, 2.05) is 25.1 Å². The van der Waals surface area contributed by atoms with Gasteiger partial charge in [0.2, 0.25) is 0 Å². The predicted octanol–water partition coefficient (Wildman–Crippen LogP) is 5.03. The summed E-state index contributed by atoms with van der Waals surface area (Å²) in [6, 6.07) is 14.1. The van der Waals surface area contributed by atoms with Gasteiger partial charge in [0.05, 0.1) is 6.04 Å². The van der Waals surface area contributed by atoms with Crippen molar-refractivity contribution in [3.8, 4) is 5.75 Å². The van der Waals surface area contributed by atoms with Crippen molar-refractivity contribution in [3.05, 3.63) is 64.1 Å². The Morgan fingerprint density at radius 2 is 1.74 bits per heavy atom. The number of hydrogen-bond donors (Lipinski definition) is 1. The van der Waals surface area contributed by atoms with Gasteiger partial charge < -0.3 is 10.1 Å². The van der Waals surface area contributed by atoms with Crippen molar-refractivity contribution in [1.29, 1.82) is 0 Å². The van der Waals surface area contributed by atoms with Gasteiger partial charge in [-0.05, 0) is 62.7 Å². The normalized spacial score (nSPS) is 12.6. The van der Waals surface area contributed by atoms with Gasteiger partial charge in [0, 0.05) is 10.0 Å². The predicted molar refractivity (Wildman–Crippen MR) is 94.2 cm³/mol. The van der Waals surface area contributed by atoms with Crippen molar-refractivity contribution >= 4 is 29.1 Å². The number of nitrogens with one attached hydrogen (secondary N) is 1. The van der Waals surface area contributed by atoms with Crippen molar-refractivity contribution < 1.29 is 9.53 Å². The monoisotopic (exact) mass is 351 g/mol. The molecular weight excluding hydrogens is 333 g/mol. The van der Waals surface area contributed by atoms with Gasteiger partial charge in [-0.2, -0.15) is 0 Å². The Morgan fingerprint density at radius 1 is 1.09 bits per heavy atom. The fourth-order valence-electron chi connectivity index (χ4n) is 2.07. The van der Waals surface area contributed by atoms with E-state index in [4.69, 9.17) is 27.9 Å². The first-order valence-electron chi connectivity index (χ1n) is 7.29. The molecule has 3 nitrogen and oxygen atoms in total. The summed E-state index contributed by atoms with van der Waals surface area (Å²) in [5.74, 6) is 0.380. The Labute approximate surface area is 146 Å². The lowest BCUT2D eigenvalue weighted by Gasteiger charge is -2.27. The van der Waals surface area contributed by atoms with Gasteiger partial charge in [-0.1, -0.05) is 35.3 Å². The molecule has 1 atom stereocenters. The van der Waals surface area contributed by atoms with E-state index in [0.717, 1.165) is 5.56 Å². The zero-order valence-electron chi connectivity index (χ0n) is 13.3. The van der Waals surface area contributed by atoms with Crippen LogP contribution in [0.2, 0.25) is 10.0 Å². The molecule has 1 amide bonds. The molecule has 23 heavy (non-hydrogen) atoms. The van der Waals surface area contributed by atoms with E-state index in [-0.39, 0.29) is 11.9 Å². The minimum Gasteiger partial charge on any atom is -0.478 e. The summed E-state index contributed by atoms with van der Waals surface area (Å²) in [6.45, 7) is 5.35. The van der Waals surface area contributed by atoms with Crippen LogP contribution in [0.5, 0.6) is 5.75 Å². The maximum absolute atomic E-state index is 12.5. The summed E-state index contributed by atoms with van der Waals surface area (Å²) in [5, 5.41) is 4.21. The summed E-state index contributed by atoms with van der Waals surface area (Å²) in [6.07, 6.45) is 0. The van der Waals surface area contributed by atoms with E-state index in [1.54, 1.807) is 44.2 Å². The molecule has 0 unspecified atom stereocenters. The SMILES string of the molecule is C[C@H](NC(=O)C(C)(C)Oc1ccc(Cl)cc1)c1cccc(Cl)c1. The van der Waals surface area contributed by atoms with E-state index < -0.39 is 5.60 Å². The second kappa shape index (κ2) is 7.24. The van der Waals surface area contributed by atoms with Gasteiger partial charge >= 0.3 is 0 Å². The van der Waals surface area contributed by atoms with Crippen LogP contribution in [0.25, 0.3) is 0 Å². The van der Waals surface area contributed by atoms with Gasteiger partial charge in [0.15, 0.2) is 5.60 Å². The third kappa shape index (κ3) is 4.88. The van der Waals surface area contributed by atoms with E-state index in [9.17, 15) is 4.79 Å². The average molecular weight is 352 g/mol. The first kappa shape index (κ1) is 17.6. The molecule has 0 heterocycles. The first-order valence-corrected chi connectivity index (χ1v) is 8.04. The fourth-order valence-corrected chi connectivity index (χ4v) is 2.40. The Bertz CT molecular complexity index is 684. The highest BCUT2D eigenvalue weighted by Gasteiger charge is 2.31. The standard InChI is InChI=1S/C18H19Cl2NO2/c1-12(13-5-4-6-15(20)11-13)21-17(22)18(2,3)23-16-9-7-14(19)8-10-16/h4-12H,1-3H3,(H,21,22)/t12-/m0/s1.